The largest absolute Gasteiger partial charge is 0.465 e. The molecule has 0 heterocycles. The number of aryl methyl sites for hydroxylation is 1. The summed E-state index contributed by atoms with van der Waals surface area (Å²) in [5.41, 5.74) is 1.53. The third kappa shape index (κ3) is 2.39. The molecule has 14 heavy (non-hydrogen) atoms. The van der Waals surface area contributed by atoms with Gasteiger partial charge in [-0.1, -0.05) is 18.5 Å². The van der Waals surface area contributed by atoms with Crippen LogP contribution in [0, 0.1) is 3.57 Å². The first-order valence-corrected chi connectivity index (χ1v) is 5.62. The molecule has 0 radical (unpaired) electrons. The number of hydrogen-bond donors (Lipinski definition) is 0. The van der Waals surface area contributed by atoms with Gasteiger partial charge in [-0.05, 0) is 46.7 Å². The minimum atomic E-state index is -0.386. The Bertz CT molecular complexity index is 363. The summed E-state index contributed by atoms with van der Waals surface area (Å²) in [6, 6.07) is 3.74. The first-order valence-electron chi connectivity index (χ1n) is 4.16. The van der Waals surface area contributed by atoms with E-state index in [4.69, 9.17) is 11.6 Å². The van der Waals surface area contributed by atoms with E-state index in [1.165, 1.54) is 7.11 Å². The van der Waals surface area contributed by atoms with E-state index in [0.29, 0.717) is 10.6 Å². The Balaban J connectivity index is 3.27. The molecule has 0 saturated heterocycles. The number of rotatable bonds is 2. The van der Waals surface area contributed by atoms with Crippen LogP contribution in [0.3, 0.4) is 0 Å². The van der Waals surface area contributed by atoms with Crippen LogP contribution in [0.2, 0.25) is 5.02 Å². The lowest BCUT2D eigenvalue weighted by atomic mass is 10.1. The lowest BCUT2D eigenvalue weighted by Gasteiger charge is -2.06. The highest BCUT2D eigenvalue weighted by atomic mass is 127. The summed E-state index contributed by atoms with van der Waals surface area (Å²) in [5, 5.41) is 0.467. The fourth-order valence-corrected chi connectivity index (χ4v) is 1.98. The molecule has 1 rings (SSSR count). The molecule has 1 aromatic rings. The van der Waals surface area contributed by atoms with Gasteiger partial charge >= 0.3 is 5.97 Å². The Hall–Kier alpha value is -0.290. The molecule has 1 aromatic carbocycles. The van der Waals surface area contributed by atoms with Gasteiger partial charge in [-0.15, -0.1) is 0 Å². The normalized spacial score (nSPS) is 10.0. The van der Waals surface area contributed by atoms with Crippen molar-refractivity contribution in [3.05, 3.63) is 31.9 Å². The highest BCUT2D eigenvalue weighted by molar-refractivity contribution is 14.1. The summed E-state index contributed by atoms with van der Waals surface area (Å²) in [6.45, 7) is 2.03. The number of halogens is 2. The Labute approximate surface area is 102 Å². The second kappa shape index (κ2) is 4.98. The van der Waals surface area contributed by atoms with E-state index in [-0.39, 0.29) is 5.97 Å². The first kappa shape index (κ1) is 11.8. The van der Waals surface area contributed by atoms with Gasteiger partial charge in [-0.2, -0.15) is 0 Å². The van der Waals surface area contributed by atoms with Crippen LogP contribution >= 0.6 is 34.2 Å². The summed E-state index contributed by atoms with van der Waals surface area (Å²) in [6.07, 6.45) is 0.872. The molecule has 0 aromatic heterocycles. The minimum Gasteiger partial charge on any atom is -0.465 e. The molecule has 0 aliphatic rings. The fraction of sp³-hybridized carbons (Fsp3) is 0.300. The van der Waals surface area contributed by atoms with Crippen molar-refractivity contribution >= 4 is 40.2 Å². The minimum absolute atomic E-state index is 0.386. The highest BCUT2D eigenvalue weighted by Crippen LogP contribution is 2.25. The molecular formula is C10H10ClIO2. The molecule has 0 atom stereocenters. The quantitative estimate of drug-likeness (QED) is 0.616. The van der Waals surface area contributed by atoms with Gasteiger partial charge < -0.3 is 4.74 Å². The molecule has 2 nitrogen and oxygen atoms in total. The number of carbonyl (C=O) groups excluding carboxylic acids is 1. The van der Waals surface area contributed by atoms with Crippen LogP contribution in [-0.4, -0.2) is 13.1 Å². The van der Waals surface area contributed by atoms with E-state index >= 15 is 0 Å². The molecule has 76 valence electrons. The maximum absolute atomic E-state index is 11.3. The predicted octanol–water partition coefficient (Wildman–Crippen LogP) is 3.29. The summed E-state index contributed by atoms with van der Waals surface area (Å²) in [4.78, 5) is 11.3. The average molecular weight is 325 g/mol. The van der Waals surface area contributed by atoms with Crippen molar-refractivity contribution in [2.45, 2.75) is 13.3 Å². The zero-order valence-electron chi connectivity index (χ0n) is 7.93. The van der Waals surface area contributed by atoms with Crippen molar-refractivity contribution in [1.29, 1.82) is 0 Å². The van der Waals surface area contributed by atoms with Crippen molar-refractivity contribution in [3.63, 3.8) is 0 Å². The second-order valence-electron chi connectivity index (χ2n) is 2.78. The Kier molecular flexibility index (Phi) is 4.19. The molecule has 0 spiro atoms. The van der Waals surface area contributed by atoms with Crippen molar-refractivity contribution in [2.75, 3.05) is 7.11 Å². The van der Waals surface area contributed by atoms with Gasteiger partial charge in [-0.25, -0.2) is 4.79 Å². The summed E-state index contributed by atoms with van der Waals surface area (Å²) < 4.78 is 5.52. The van der Waals surface area contributed by atoms with Gasteiger partial charge in [0.1, 0.15) is 0 Å². The van der Waals surface area contributed by atoms with Crippen LogP contribution in [0.4, 0.5) is 0 Å². The molecule has 0 saturated carbocycles. The van der Waals surface area contributed by atoms with Crippen LogP contribution in [-0.2, 0) is 11.2 Å². The number of carbonyl (C=O) groups is 1. The van der Waals surface area contributed by atoms with Gasteiger partial charge in [0.05, 0.1) is 17.7 Å². The van der Waals surface area contributed by atoms with Crippen molar-refractivity contribution in [2.24, 2.45) is 0 Å². The monoisotopic (exact) mass is 324 g/mol. The molecule has 0 bridgehead atoms. The van der Waals surface area contributed by atoms with E-state index in [0.717, 1.165) is 15.6 Å². The van der Waals surface area contributed by atoms with Gasteiger partial charge in [0, 0.05) is 3.57 Å². The number of esters is 1. The summed E-state index contributed by atoms with van der Waals surface area (Å²) >= 11 is 8.10. The van der Waals surface area contributed by atoms with Crippen LogP contribution in [0.5, 0.6) is 0 Å². The molecule has 0 fully saturated rings. The van der Waals surface area contributed by atoms with Crippen molar-refractivity contribution in [1.82, 2.24) is 0 Å². The fourth-order valence-electron chi connectivity index (χ4n) is 1.11. The third-order valence-electron chi connectivity index (χ3n) is 1.90. The maximum atomic E-state index is 11.3. The zero-order chi connectivity index (χ0) is 10.7. The SMILES string of the molecule is CCc1cc(I)c(Cl)c(C(=O)OC)c1. The smallest absolute Gasteiger partial charge is 0.339 e. The van der Waals surface area contributed by atoms with Crippen molar-refractivity contribution in [3.8, 4) is 0 Å². The standard InChI is InChI=1S/C10H10ClIO2/c1-3-6-4-7(10(13)14-2)9(11)8(12)5-6/h4-5H,3H2,1-2H3. The van der Waals surface area contributed by atoms with Gasteiger partial charge in [0.25, 0.3) is 0 Å². The van der Waals surface area contributed by atoms with Gasteiger partial charge in [0.2, 0.25) is 0 Å². The molecule has 4 heteroatoms. The van der Waals surface area contributed by atoms with E-state index in [9.17, 15) is 4.79 Å². The van der Waals surface area contributed by atoms with E-state index in [1.54, 1.807) is 6.07 Å². The summed E-state index contributed by atoms with van der Waals surface area (Å²) in [7, 11) is 1.35. The van der Waals surface area contributed by atoms with Crippen LogP contribution in [0.15, 0.2) is 12.1 Å². The van der Waals surface area contributed by atoms with Crippen LogP contribution in [0.25, 0.3) is 0 Å². The van der Waals surface area contributed by atoms with E-state index < -0.39 is 0 Å². The third-order valence-corrected chi connectivity index (χ3v) is 3.48. The topological polar surface area (TPSA) is 26.3 Å². The van der Waals surface area contributed by atoms with Gasteiger partial charge in [0.15, 0.2) is 0 Å². The molecule has 0 unspecified atom stereocenters. The predicted molar refractivity (Wildman–Crippen MR) is 64.9 cm³/mol. The van der Waals surface area contributed by atoms with Crippen LogP contribution < -0.4 is 0 Å². The number of methoxy groups -OCH3 is 1. The average Bonchev–Trinajstić information content (AvgIpc) is 2.20. The number of benzene rings is 1. The second-order valence-corrected chi connectivity index (χ2v) is 4.32. The lowest BCUT2D eigenvalue weighted by molar-refractivity contribution is 0.0600. The lowest BCUT2D eigenvalue weighted by Crippen LogP contribution is -2.04. The number of hydrogen-bond acceptors (Lipinski definition) is 2. The van der Waals surface area contributed by atoms with E-state index in [2.05, 4.69) is 27.3 Å². The number of ether oxygens (including phenoxy) is 1. The maximum Gasteiger partial charge on any atom is 0.339 e. The first-order chi connectivity index (χ1) is 6.60. The Morgan fingerprint density at radius 2 is 2.21 bits per heavy atom. The summed E-state index contributed by atoms with van der Waals surface area (Å²) in [5.74, 6) is -0.386. The van der Waals surface area contributed by atoms with Gasteiger partial charge in [-0.3, -0.25) is 0 Å². The Morgan fingerprint density at radius 1 is 1.57 bits per heavy atom. The molecule has 0 aliphatic heterocycles. The molecule has 0 N–H and O–H groups in total. The van der Waals surface area contributed by atoms with E-state index in [1.807, 2.05) is 13.0 Å². The highest BCUT2D eigenvalue weighted by Gasteiger charge is 2.14. The van der Waals surface area contributed by atoms with Crippen molar-refractivity contribution < 1.29 is 9.53 Å². The molecule has 0 amide bonds. The zero-order valence-corrected chi connectivity index (χ0v) is 10.8. The molecule has 0 aliphatic carbocycles. The van der Waals surface area contributed by atoms with Crippen LogP contribution in [0.1, 0.15) is 22.8 Å². The Morgan fingerprint density at radius 3 is 2.71 bits per heavy atom. The molecular weight excluding hydrogens is 314 g/mol.